The topological polar surface area (TPSA) is 82.1 Å². The first-order valence-corrected chi connectivity index (χ1v) is 9.67. The van der Waals surface area contributed by atoms with E-state index in [4.69, 9.17) is 0 Å². The van der Waals surface area contributed by atoms with E-state index in [1.807, 2.05) is 17.0 Å². The Morgan fingerprint density at radius 3 is 2.19 bits per heavy atom. The van der Waals surface area contributed by atoms with Gasteiger partial charge in [0, 0.05) is 44.6 Å². The number of piperazine rings is 1. The number of fused-ring (bicyclic) bond motifs is 1. The summed E-state index contributed by atoms with van der Waals surface area (Å²) in [5.41, 5.74) is 6.17. The van der Waals surface area contributed by atoms with Crippen LogP contribution in [-0.2, 0) is 22.4 Å². The molecule has 1 fully saturated rings. The van der Waals surface area contributed by atoms with Crippen LogP contribution >= 0.6 is 0 Å². The zero-order chi connectivity index (χ0) is 18.8. The minimum absolute atomic E-state index is 0.0396. The Hall–Kier alpha value is -2.70. The molecule has 0 unspecified atom stereocenters. The molecule has 0 radical (unpaired) electrons. The predicted molar refractivity (Wildman–Crippen MR) is 100 cm³/mol. The summed E-state index contributed by atoms with van der Waals surface area (Å²) < 4.78 is 0. The highest BCUT2D eigenvalue weighted by Gasteiger charge is 2.29. The number of nitrogens with zero attached hydrogens (tertiary/aromatic N) is 3. The highest BCUT2D eigenvalue weighted by Crippen LogP contribution is 2.23. The van der Waals surface area contributed by atoms with Crippen molar-refractivity contribution in [3.8, 4) is 0 Å². The summed E-state index contributed by atoms with van der Waals surface area (Å²) in [6.07, 6.45) is 5.24. The number of amides is 3. The first kappa shape index (κ1) is 17.7. The second-order valence-corrected chi connectivity index (χ2v) is 7.37. The first-order chi connectivity index (χ1) is 13.1. The van der Waals surface area contributed by atoms with Crippen LogP contribution in [0, 0.1) is 0 Å². The van der Waals surface area contributed by atoms with E-state index in [9.17, 15) is 14.4 Å². The maximum Gasteiger partial charge on any atom is 0.270 e. The van der Waals surface area contributed by atoms with Gasteiger partial charge in [0.2, 0.25) is 5.91 Å². The fraction of sp³-hybridized carbons (Fsp3) is 0.500. The van der Waals surface area contributed by atoms with E-state index in [1.54, 1.807) is 4.90 Å². The Bertz CT molecular complexity index is 809. The average Bonchev–Trinajstić information content (AvgIpc) is 2.73. The quantitative estimate of drug-likeness (QED) is 0.849. The molecule has 4 rings (SSSR count). The molecule has 3 amide bonds. The molecule has 27 heavy (non-hydrogen) atoms. The van der Waals surface area contributed by atoms with Crippen LogP contribution in [0.1, 0.15) is 47.2 Å². The van der Waals surface area contributed by atoms with Crippen LogP contribution in [-0.4, -0.2) is 59.4 Å². The van der Waals surface area contributed by atoms with Crippen LogP contribution in [0.2, 0.25) is 0 Å². The molecule has 1 saturated heterocycles. The van der Waals surface area contributed by atoms with E-state index in [0.717, 1.165) is 18.4 Å². The lowest BCUT2D eigenvalue weighted by molar-refractivity contribution is -0.126. The molecule has 0 saturated carbocycles. The number of aryl methyl sites for hydroxylation is 2. The average molecular weight is 368 g/mol. The van der Waals surface area contributed by atoms with Crippen molar-refractivity contribution in [2.24, 2.45) is 5.10 Å². The molecule has 3 aliphatic rings. The molecule has 2 heterocycles. The highest BCUT2D eigenvalue weighted by atomic mass is 16.2. The number of hydrazone groups is 1. The minimum Gasteiger partial charge on any atom is -0.335 e. The van der Waals surface area contributed by atoms with Crippen molar-refractivity contribution in [2.75, 3.05) is 26.2 Å². The summed E-state index contributed by atoms with van der Waals surface area (Å²) in [5.74, 6) is -0.263. The first-order valence-electron chi connectivity index (χ1n) is 9.67. The fourth-order valence-corrected chi connectivity index (χ4v) is 3.97. The van der Waals surface area contributed by atoms with Crippen molar-refractivity contribution < 1.29 is 14.4 Å². The SMILES string of the molecule is O=C1CCC(C(=O)N2CCN(C(=O)c3ccc4c(c3)CCCC4)CC2)=NN1. The second-order valence-electron chi connectivity index (χ2n) is 7.37. The second kappa shape index (κ2) is 7.50. The number of nitrogens with one attached hydrogen (secondary N) is 1. The molecule has 2 aliphatic heterocycles. The molecule has 1 aliphatic carbocycles. The van der Waals surface area contributed by atoms with Gasteiger partial charge in [0.15, 0.2) is 0 Å². The lowest BCUT2D eigenvalue weighted by Gasteiger charge is -2.35. The van der Waals surface area contributed by atoms with Gasteiger partial charge in [-0.1, -0.05) is 6.07 Å². The van der Waals surface area contributed by atoms with E-state index >= 15 is 0 Å². The van der Waals surface area contributed by atoms with E-state index in [2.05, 4.69) is 16.6 Å². The Morgan fingerprint density at radius 1 is 0.852 bits per heavy atom. The largest absolute Gasteiger partial charge is 0.335 e. The summed E-state index contributed by atoms with van der Waals surface area (Å²) in [7, 11) is 0. The number of benzene rings is 1. The zero-order valence-electron chi connectivity index (χ0n) is 15.4. The number of carbonyl (C=O) groups is 3. The van der Waals surface area contributed by atoms with Crippen LogP contribution in [0.15, 0.2) is 23.3 Å². The van der Waals surface area contributed by atoms with Crippen molar-refractivity contribution in [3.63, 3.8) is 0 Å². The van der Waals surface area contributed by atoms with Gasteiger partial charge in [0.05, 0.1) is 0 Å². The summed E-state index contributed by atoms with van der Waals surface area (Å²) in [4.78, 5) is 40.1. The molecule has 142 valence electrons. The summed E-state index contributed by atoms with van der Waals surface area (Å²) in [6.45, 7) is 2.01. The van der Waals surface area contributed by atoms with Gasteiger partial charge in [-0.05, 0) is 48.9 Å². The minimum atomic E-state index is -0.160. The third-order valence-corrected chi connectivity index (χ3v) is 5.60. The van der Waals surface area contributed by atoms with Crippen LogP contribution in [0.5, 0.6) is 0 Å². The Kier molecular flexibility index (Phi) is 4.92. The Labute approximate surface area is 158 Å². The number of rotatable bonds is 2. The van der Waals surface area contributed by atoms with Crippen molar-refractivity contribution in [2.45, 2.75) is 38.5 Å². The summed E-state index contributed by atoms with van der Waals surface area (Å²) in [5, 5.41) is 3.87. The van der Waals surface area contributed by atoms with Gasteiger partial charge in [-0.3, -0.25) is 14.4 Å². The summed E-state index contributed by atoms with van der Waals surface area (Å²) in [6, 6.07) is 6.08. The molecule has 0 atom stereocenters. The molecule has 1 aromatic carbocycles. The molecule has 1 aromatic rings. The van der Waals surface area contributed by atoms with Crippen molar-refractivity contribution in [3.05, 3.63) is 34.9 Å². The van der Waals surface area contributed by atoms with E-state index in [-0.39, 0.29) is 17.7 Å². The van der Waals surface area contributed by atoms with E-state index in [1.165, 1.54) is 24.0 Å². The number of hydrogen-bond acceptors (Lipinski definition) is 4. The highest BCUT2D eigenvalue weighted by molar-refractivity contribution is 6.39. The van der Waals surface area contributed by atoms with E-state index < -0.39 is 0 Å². The van der Waals surface area contributed by atoms with Crippen molar-refractivity contribution >= 4 is 23.4 Å². The molecule has 7 nitrogen and oxygen atoms in total. The third kappa shape index (κ3) is 3.72. The predicted octanol–water partition coefficient (Wildman–Crippen LogP) is 1.12. The molecule has 1 N–H and O–H groups in total. The summed E-state index contributed by atoms with van der Waals surface area (Å²) >= 11 is 0. The zero-order valence-corrected chi connectivity index (χ0v) is 15.4. The molecular formula is C20H24N4O3. The van der Waals surface area contributed by atoms with Gasteiger partial charge in [0.25, 0.3) is 11.8 Å². The van der Waals surface area contributed by atoms with Crippen LogP contribution < -0.4 is 5.43 Å². The van der Waals surface area contributed by atoms with Crippen molar-refractivity contribution in [1.82, 2.24) is 15.2 Å². The Morgan fingerprint density at radius 2 is 1.52 bits per heavy atom. The van der Waals surface area contributed by atoms with E-state index in [0.29, 0.717) is 44.7 Å². The monoisotopic (exact) mass is 368 g/mol. The smallest absolute Gasteiger partial charge is 0.270 e. The van der Waals surface area contributed by atoms with Gasteiger partial charge in [-0.25, -0.2) is 5.43 Å². The lowest BCUT2D eigenvalue weighted by Crippen LogP contribution is -2.52. The lowest BCUT2D eigenvalue weighted by atomic mass is 9.90. The normalized spacial score (nSPS) is 19.9. The molecule has 0 spiro atoms. The molecule has 0 bridgehead atoms. The van der Waals surface area contributed by atoms with Gasteiger partial charge in [-0.2, -0.15) is 5.10 Å². The van der Waals surface area contributed by atoms with Crippen LogP contribution in [0.3, 0.4) is 0 Å². The van der Waals surface area contributed by atoms with Gasteiger partial charge in [-0.15, -0.1) is 0 Å². The van der Waals surface area contributed by atoms with Crippen LogP contribution in [0.4, 0.5) is 0 Å². The van der Waals surface area contributed by atoms with Gasteiger partial charge in [0.1, 0.15) is 5.71 Å². The maximum atomic E-state index is 12.9. The van der Waals surface area contributed by atoms with Gasteiger partial charge < -0.3 is 9.80 Å². The Balaban J connectivity index is 1.37. The molecule has 7 heteroatoms. The molecular weight excluding hydrogens is 344 g/mol. The molecule has 0 aromatic heterocycles. The van der Waals surface area contributed by atoms with Crippen LogP contribution in [0.25, 0.3) is 0 Å². The standard InChI is InChI=1S/C20H24N4O3/c25-18-8-7-17(21-22-18)20(27)24-11-9-23(10-12-24)19(26)16-6-5-14-3-1-2-4-15(14)13-16/h5-6,13H,1-4,7-12H2,(H,22,25). The van der Waals surface area contributed by atoms with Crippen molar-refractivity contribution in [1.29, 1.82) is 0 Å². The number of hydrogen-bond donors (Lipinski definition) is 1. The number of carbonyl (C=O) groups excluding carboxylic acids is 3. The maximum absolute atomic E-state index is 12.9. The van der Waals surface area contributed by atoms with Gasteiger partial charge >= 0.3 is 0 Å². The third-order valence-electron chi connectivity index (χ3n) is 5.60. The fourth-order valence-electron chi connectivity index (χ4n) is 3.97.